The molecule has 0 atom stereocenters. The monoisotopic (exact) mass is 128 g/mol. The van der Waals surface area contributed by atoms with Crippen molar-refractivity contribution >= 4 is 12.6 Å². The fraction of sp³-hybridized carbons (Fsp3) is 0.250. The summed E-state index contributed by atoms with van der Waals surface area (Å²) < 4.78 is 1.31. The van der Waals surface area contributed by atoms with Crippen molar-refractivity contribution in [1.82, 2.24) is 9.55 Å². The maximum atomic E-state index is 10.5. The molecule has 0 aliphatic heterocycles. The molecule has 1 heterocycles. The number of hydrogen-bond donors (Lipinski definition) is 0. The van der Waals surface area contributed by atoms with Gasteiger partial charge in [0.2, 0.25) is 0 Å². The highest BCUT2D eigenvalue weighted by atomic mass is 32.1. The standard InChI is InChI=1S/C4H6N2OS/c1-6-3(7)2-5-4(6)8/h2,7H,1H3,(H,5,8)/p-2. The Morgan fingerprint density at radius 3 is 2.62 bits per heavy atom. The van der Waals surface area contributed by atoms with Crippen LogP contribution in [0, 0.1) is 0 Å². The van der Waals surface area contributed by atoms with Gasteiger partial charge in [0, 0.05) is 13.2 Å². The van der Waals surface area contributed by atoms with Crippen LogP contribution in [-0.4, -0.2) is 9.55 Å². The van der Waals surface area contributed by atoms with Gasteiger partial charge in [-0.15, -0.1) is 0 Å². The van der Waals surface area contributed by atoms with E-state index >= 15 is 0 Å². The molecule has 0 aromatic carbocycles. The van der Waals surface area contributed by atoms with Crippen molar-refractivity contribution in [2.45, 2.75) is 5.16 Å². The molecule has 0 amide bonds. The lowest BCUT2D eigenvalue weighted by molar-refractivity contribution is -0.278. The molecule has 0 N–H and O–H groups in total. The number of hydrogen-bond acceptors (Lipinski definition) is 3. The smallest absolute Gasteiger partial charge is 0.0353 e. The van der Waals surface area contributed by atoms with Crippen LogP contribution in [0.15, 0.2) is 11.4 Å². The third-order valence-corrected chi connectivity index (χ3v) is 1.28. The lowest BCUT2D eigenvalue weighted by Gasteiger charge is -2.09. The summed E-state index contributed by atoms with van der Waals surface area (Å²) in [7, 11) is 1.59. The van der Waals surface area contributed by atoms with Gasteiger partial charge in [-0.05, 0) is 11.0 Å². The van der Waals surface area contributed by atoms with E-state index in [1.807, 2.05) is 0 Å². The second kappa shape index (κ2) is 1.63. The summed E-state index contributed by atoms with van der Waals surface area (Å²) in [6.45, 7) is 0. The van der Waals surface area contributed by atoms with Crippen LogP contribution in [0.25, 0.3) is 0 Å². The summed E-state index contributed by atoms with van der Waals surface area (Å²) in [6, 6.07) is 0. The fourth-order valence-electron chi connectivity index (χ4n) is 0.378. The molecule has 0 fully saturated rings. The molecule has 1 aromatic rings. The average Bonchev–Trinajstić information content (AvgIpc) is 1.98. The quantitative estimate of drug-likeness (QED) is 0.438. The lowest BCUT2D eigenvalue weighted by Crippen LogP contribution is -1.98. The predicted molar refractivity (Wildman–Crippen MR) is 28.3 cm³/mol. The van der Waals surface area contributed by atoms with Crippen molar-refractivity contribution in [2.24, 2.45) is 7.05 Å². The highest BCUT2D eigenvalue weighted by Gasteiger charge is 1.81. The molecule has 3 nitrogen and oxygen atoms in total. The normalized spacial score (nSPS) is 9.62. The van der Waals surface area contributed by atoms with E-state index in [-0.39, 0.29) is 5.88 Å². The van der Waals surface area contributed by atoms with Gasteiger partial charge in [0.15, 0.2) is 0 Å². The summed E-state index contributed by atoms with van der Waals surface area (Å²) in [6.07, 6.45) is 1.21. The van der Waals surface area contributed by atoms with Crippen LogP contribution in [0.2, 0.25) is 0 Å². The SMILES string of the molecule is Cn1c([O-])cnc1[S-]. The molecule has 0 aliphatic rings. The van der Waals surface area contributed by atoms with Crippen LogP contribution < -0.4 is 5.11 Å². The zero-order chi connectivity index (χ0) is 6.15. The van der Waals surface area contributed by atoms with Gasteiger partial charge in [-0.1, -0.05) is 0 Å². The largest absolute Gasteiger partial charge is 0.859 e. The van der Waals surface area contributed by atoms with Crippen LogP contribution in [0.1, 0.15) is 0 Å². The number of aromatic nitrogens is 2. The van der Waals surface area contributed by atoms with E-state index in [1.54, 1.807) is 7.05 Å². The van der Waals surface area contributed by atoms with Crippen LogP contribution in [-0.2, 0) is 19.7 Å². The summed E-state index contributed by atoms with van der Waals surface area (Å²) in [5.41, 5.74) is 0. The molecule has 4 heteroatoms. The van der Waals surface area contributed by atoms with Crippen molar-refractivity contribution in [3.8, 4) is 5.88 Å². The third-order valence-electron chi connectivity index (χ3n) is 0.903. The molecule has 0 saturated heterocycles. The molecule has 0 spiro atoms. The van der Waals surface area contributed by atoms with Crippen LogP contribution in [0.3, 0.4) is 0 Å². The van der Waals surface area contributed by atoms with Gasteiger partial charge >= 0.3 is 0 Å². The second-order valence-electron chi connectivity index (χ2n) is 1.44. The van der Waals surface area contributed by atoms with Crippen LogP contribution >= 0.6 is 0 Å². The zero-order valence-corrected chi connectivity index (χ0v) is 5.10. The van der Waals surface area contributed by atoms with Gasteiger partial charge in [-0.2, -0.15) is 0 Å². The van der Waals surface area contributed by atoms with Crippen molar-refractivity contribution in [3.63, 3.8) is 0 Å². The van der Waals surface area contributed by atoms with E-state index in [9.17, 15) is 5.11 Å². The molecule has 0 radical (unpaired) electrons. The van der Waals surface area contributed by atoms with E-state index in [0.29, 0.717) is 5.16 Å². The highest BCUT2D eigenvalue weighted by Crippen LogP contribution is 2.02. The Kier molecular flexibility index (Phi) is 1.09. The number of rotatable bonds is 0. The molecule has 0 aliphatic carbocycles. The van der Waals surface area contributed by atoms with E-state index in [0.717, 1.165) is 0 Å². The molecular formula is C4H4N2OS-2. The van der Waals surface area contributed by atoms with Gasteiger partial charge in [0.1, 0.15) is 0 Å². The van der Waals surface area contributed by atoms with Crippen molar-refractivity contribution in [2.75, 3.05) is 0 Å². The number of imidazole rings is 1. The van der Waals surface area contributed by atoms with Gasteiger partial charge in [-0.3, -0.25) is 4.98 Å². The van der Waals surface area contributed by atoms with Crippen LogP contribution in [0.5, 0.6) is 5.88 Å². The summed E-state index contributed by atoms with van der Waals surface area (Å²) in [5.74, 6) is -0.144. The predicted octanol–water partition coefficient (Wildman–Crippen LogP) is -0.601. The summed E-state index contributed by atoms with van der Waals surface area (Å²) >= 11 is 4.63. The summed E-state index contributed by atoms with van der Waals surface area (Å²) in [4.78, 5) is 3.58. The first-order chi connectivity index (χ1) is 3.72. The van der Waals surface area contributed by atoms with Crippen LogP contribution in [0.4, 0.5) is 0 Å². The van der Waals surface area contributed by atoms with Crippen molar-refractivity contribution in [3.05, 3.63) is 6.20 Å². The Morgan fingerprint density at radius 2 is 2.50 bits per heavy atom. The highest BCUT2D eigenvalue weighted by molar-refractivity contribution is 7.58. The van der Waals surface area contributed by atoms with Crippen molar-refractivity contribution in [1.29, 1.82) is 0 Å². The number of nitrogens with zero attached hydrogens (tertiary/aromatic N) is 2. The maximum Gasteiger partial charge on any atom is 0.0353 e. The minimum Gasteiger partial charge on any atom is -0.859 e. The van der Waals surface area contributed by atoms with Gasteiger partial charge in [0.25, 0.3) is 0 Å². The average molecular weight is 128 g/mol. The Balaban J connectivity index is 3.19. The van der Waals surface area contributed by atoms with Gasteiger partial charge in [-0.25, -0.2) is 0 Å². The van der Waals surface area contributed by atoms with E-state index < -0.39 is 0 Å². The lowest BCUT2D eigenvalue weighted by atomic mass is 10.8. The molecule has 0 saturated carbocycles. The first-order valence-corrected chi connectivity index (χ1v) is 2.48. The molecule has 1 aromatic heterocycles. The summed E-state index contributed by atoms with van der Waals surface area (Å²) in [5, 5.41) is 10.8. The van der Waals surface area contributed by atoms with Gasteiger partial charge in [0.05, 0.1) is 0 Å². The zero-order valence-electron chi connectivity index (χ0n) is 4.29. The minimum atomic E-state index is -0.144. The Labute approximate surface area is 52.4 Å². The maximum absolute atomic E-state index is 10.5. The molecule has 0 bridgehead atoms. The second-order valence-corrected chi connectivity index (χ2v) is 1.80. The third kappa shape index (κ3) is 0.626. The molecule has 0 unspecified atom stereocenters. The Bertz CT molecular complexity index is 176. The topological polar surface area (TPSA) is 40.9 Å². The van der Waals surface area contributed by atoms with E-state index in [1.165, 1.54) is 10.8 Å². The fourth-order valence-corrected chi connectivity index (χ4v) is 0.521. The van der Waals surface area contributed by atoms with E-state index in [2.05, 4.69) is 17.6 Å². The molecular weight excluding hydrogens is 124 g/mol. The van der Waals surface area contributed by atoms with Crippen molar-refractivity contribution < 1.29 is 5.11 Å². The Hall–Kier alpha value is -0.770. The first-order valence-electron chi connectivity index (χ1n) is 2.07. The van der Waals surface area contributed by atoms with Gasteiger partial charge < -0.3 is 22.3 Å². The molecule has 8 heavy (non-hydrogen) atoms. The molecule has 44 valence electrons. The first kappa shape index (κ1) is 5.37. The Morgan fingerprint density at radius 1 is 1.88 bits per heavy atom. The minimum absolute atomic E-state index is 0.144. The molecule has 1 rings (SSSR count). The van der Waals surface area contributed by atoms with E-state index in [4.69, 9.17) is 0 Å².